The van der Waals surface area contributed by atoms with Crippen molar-refractivity contribution in [3.8, 4) is 0 Å². The summed E-state index contributed by atoms with van der Waals surface area (Å²) in [6, 6.07) is 9.93. The fourth-order valence-corrected chi connectivity index (χ4v) is 3.36. The highest BCUT2D eigenvalue weighted by Gasteiger charge is 2.39. The molecule has 112 valence electrons. The van der Waals surface area contributed by atoms with E-state index < -0.39 is 5.97 Å². The molecule has 1 aromatic carbocycles. The summed E-state index contributed by atoms with van der Waals surface area (Å²) in [6.45, 7) is 0. The summed E-state index contributed by atoms with van der Waals surface area (Å²) in [5.41, 5.74) is 1.07. The molecule has 1 unspecified atom stereocenters. The molecule has 0 aromatic heterocycles. The zero-order valence-electron chi connectivity index (χ0n) is 12.0. The van der Waals surface area contributed by atoms with Crippen molar-refractivity contribution in [3.05, 3.63) is 35.9 Å². The molecule has 3 atom stereocenters. The van der Waals surface area contributed by atoms with Crippen LogP contribution in [0.1, 0.15) is 43.6 Å². The first kappa shape index (κ1) is 14.1. The van der Waals surface area contributed by atoms with Crippen LogP contribution in [0.15, 0.2) is 30.3 Å². The zero-order chi connectivity index (χ0) is 14.8. The maximum Gasteiger partial charge on any atom is 0.306 e. The summed E-state index contributed by atoms with van der Waals surface area (Å²) in [4.78, 5) is 23.6. The lowest BCUT2D eigenvalue weighted by Gasteiger charge is -2.20. The van der Waals surface area contributed by atoms with Gasteiger partial charge >= 0.3 is 5.97 Å². The number of carbonyl (C=O) groups is 2. The predicted molar refractivity (Wildman–Crippen MR) is 78.8 cm³/mol. The predicted octanol–water partition coefficient (Wildman–Crippen LogP) is 2.55. The van der Waals surface area contributed by atoms with Gasteiger partial charge in [-0.2, -0.15) is 0 Å². The van der Waals surface area contributed by atoms with Crippen LogP contribution in [0.25, 0.3) is 0 Å². The third-order valence-corrected chi connectivity index (χ3v) is 4.66. The van der Waals surface area contributed by atoms with Crippen LogP contribution in [0, 0.1) is 11.8 Å². The van der Waals surface area contributed by atoms with E-state index in [0.29, 0.717) is 18.8 Å². The van der Waals surface area contributed by atoms with E-state index in [1.165, 1.54) is 0 Å². The minimum atomic E-state index is -0.742. The largest absolute Gasteiger partial charge is 0.481 e. The van der Waals surface area contributed by atoms with Gasteiger partial charge in [-0.25, -0.2) is 0 Å². The van der Waals surface area contributed by atoms with Crippen molar-refractivity contribution < 1.29 is 14.7 Å². The Balaban J connectivity index is 1.65. The molecule has 0 bridgehead atoms. The smallest absolute Gasteiger partial charge is 0.306 e. The number of rotatable bonds is 5. The van der Waals surface area contributed by atoms with Crippen molar-refractivity contribution in [1.82, 2.24) is 5.32 Å². The van der Waals surface area contributed by atoms with Crippen LogP contribution in [0.4, 0.5) is 0 Å². The minimum Gasteiger partial charge on any atom is -0.481 e. The SMILES string of the molecule is O=C(N[C@H]1CC[C@@H](C(=O)O)C1)C(c1ccccc1)C1CC1. The second-order valence-electron chi connectivity index (χ2n) is 6.28. The lowest BCUT2D eigenvalue weighted by Crippen LogP contribution is -2.37. The van der Waals surface area contributed by atoms with Gasteiger partial charge in [0.25, 0.3) is 0 Å². The molecule has 2 aliphatic rings. The van der Waals surface area contributed by atoms with Crippen molar-refractivity contribution >= 4 is 11.9 Å². The Bertz CT molecular complexity index is 524. The first-order valence-corrected chi connectivity index (χ1v) is 7.73. The molecule has 1 aromatic rings. The van der Waals surface area contributed by atoms with Gasteiger partial charge in [-0.05, 0) is 43.6 Å². The third-order valence-electron chi connectivity index (χ3n) is 4.66. The van der Waals surface area contributed by atoms with E-state index in [2.05, 4.69) is 5.32 Å². The molecule has 0 aliphatic heterocycles. The lowest BCUT2D eigenvalue weighted by atomic mass is 9.93. The minimum absolute atomic E-state index is 0.0172. The van der Waals surface area contributed by atoms with Crippen LogP contribution in [-0.4, -0.2) is 23.0 Å². The highest BCUT2D eigenvalue weighted by molar-refractivity contribution is 5.84. The number of amides is 1. The van der Waals surface area contributed by atoms with Crippen molar-refractivity contribution in [2.75, 3.05) is 0 Å². The molecular formula is C17H21NO3. The van der Waals surface area contributed by atoms with E-state index in [0.717, 1.165) is 24.8 Å². The summed E-state index contributed by atoms with van der Waals surface area (Å²) >= 11 is 0. The zero-order valence-corrected chi connectivity index (χ0v) is 12.0. The van der Waals surface area contributed by atoms with Crippen molar-refractivity contribution in [2.45, 2.75) is 44.1 Å². The molecular weight excluding hydrogens is 266 g/mol. The highest BCUT2D eigenvalue weighted by Crippen LogP contribution is 2.43. The molecule has 2 fully saturated rings. The molecule has 0 heterocycles. The Morgan fingerprint density at radius 1 is 1.10 bits per heavy atom. The number of carboxylic acid groups (broad SMARTS) is 1. The van der Waals surface area contributed by atoms with E-state index in [9.17, 15) is 9.59 Å². The first-order chi connectivity index (χ1) is 10.1. The molecule has 3 rings (SSSR count). The van der Waals surface area contributed by atoms with Crippen LogP contribution in [0.5, 0.6) is 0 Å². The van der Waals surface area contributed by atoms with Crippen LogP contribution in [0.3, 0.4) is 0 Å². The third kappa shape index (κ3) is 3.26. The molecule has 0 saturated heterocycles. The Labute approximate surface area is 124 Å². The number of hydrogen-bond acceptors (Lipinski definition) is 2. The van der Waals surface area contributed by atoms with Gasteiger partial charge in [-0.1, -0.05) is 30.3 Å². The summed E-state index contributed by atoms with van der Waals surface area (Å²) in [7, 11) is 0. The van der Waals surface area contributed by atoms with E-state index in [1.54, 1.807) is 0 Å². The van der Waals surface area contributed by atoms with Crippen LogP contribution < -0.4 is 5.32 Å². The van der Waals surface area contributed by atoms with Crippen LogP contribution >= 0.6 is 0 Å². The maximum absolute atomic E-state index is 12.6. The molecule has 2 saturated carbocycles. The molecule has 0 spiro atoms. The number of carbonyl (C=O) groups excluding carboxylic acids is 1. The van der Waals surface area contributed by atoms with E-state index in [4.69, 9.17) is 5.11 Å². The van der Waals surface area contributed by atoms with Crippen molar-refractivity contribution in [1.29, 1.82) is 0 Å². The highest BCUT2D eigenvalue weighted by atomic mass is 16.4. The first-order valence-electron chi connectivity index (χ1n) is 7.73. The summed E-state index contributed by atoms with van der Waals surface area (Å²) in [5, 5.41) is 12.1. The van der Waals surface area contributed by atoms with Gasteiger partial charge in [0.1, 0.15) is 0 Å². The molecule has 1 amide bonds. The Hall–Kier alpha value is -1.84. The summed E-state index contributed by atoms with van der Waals surface area (Å²) in [5.74, 6) is -0.598. The Morgan fingerprint density at radius 2 is 1.81 bits per heavy atom. The molecule has 0 radical (unpaired) electrons. The van der Waals surface area contributed by atoms with Gasteiger partial charge in [-0.15, -0.1) is 0 Å². The van der Waals surface area contributed by atoms with Crippen LogP contribution in [0.2, 0.25) is 0 Å². The fourth-order valence-electron chi connectivity index (χ4n) is 3.36. The summed E-state index contributed by atoms with van der Waals surface area (Å²) < 4.78 is 0. The molecule has 2 N–H and O–H groups in total. The number of benzene rings is 1. The Morgan fingerprint density at radius 3 is 2.38 bits per heavy atom. The van der Waals surface area contributed by atoms with E-state index >= 15 is 0 Å². The maximum atomic E-state index is 12.6. The molecule has 21 heavy (non-hydrogen) atoms. The average Bonchev–Trinajstić information content (AvgIpc) is 3.18. The van der Waals surface area contributed by atoms with Gasteiger partial charge in [0, 0.05) is 6.04 Å². The quantitative estimate of drug-likeness (QED) is 0.874. The monoisotopic (exact) mass is 287 g/mol. The second kappa shape index (κ2) is 5.88. The molecule has 4 nitrogen and oxygen atoms in total. The van der Waals surface area contributed by atoms with Gasteiger partial charge in [0.15, 0.2) is 0 Å². The van der Waals surface area contributed by atoms with Gasteiger partial charge in [0.05, 0.1) is 11.8 Å². The van der Waals surface area contributed by atoms with Crippen molar-refractivity contribution in [2.24, 2.45) is 11.8 Å². The number of carboxylic acids is 1. The molecule has 4 heteroatoms. The van der Waals surface area contributed by atoms with Gasteiger partial charge in [0.2, 0.25) is 5.91 Å². The number of hydrogen-bond donors (Lipinski definition) is 2. The van der Waals surface area contributed by atoms with E-state index in [1.807, 2.05) is 30.3 Å². The van der Waals surface area contributed by atoms with Crippen LogP contribution in [-0.2, 0) is 9.59 Å². The Kier molecular flexibility index (Phi) is 3.95. The normalized spacial score (nSPS) is 26.3. The topological polar surface area (TPSA) is 66.4 Å². The summed E-state index contributed by atoms with van der Waals surface area (Å²) in [6.07, 6.45) is 4.21. The second-order valence-corrected chi connectivity index (χ2v) is 6.28. The van der Waals surface area contributed by atoms with Gasteiger partial charge in [-0.3, -0.25) is 9.59 Å². The number of aliphatic carboxylic acids is 1. The van der Waals surface area contributed by atoms with Crippen molar-refractivity contribution in [3.63, 3.8) is 0 Å². The molecule has 2 aliphatic carbocycles. The van der Waals surface area contributed by atoms with E-state index in [-0.39, 0.29) is 23.8 Å². The fraction of sp³-hybridized carbons (Fsp3) is 0.529. The average molecular weight is 287 g/mol. The lowest BCUT2D eigenvalue weighted by molar-refractivity contribution is -0.141. The standard InChI is InChI=1S/C17H21NO3/c19-16(18-14-9-8-13(10-14)17(20)21)15(12-6-7-12)11-4-2-1-3-5-11/h1-5,12-15H,6-10H2,(H,18,19)(H,20,21)/t13-,14+,15?/m1/s1. The van der Waals surface area contributed by atoms with Gasteiger partial charge < -0.3 is 10.4 Å². The number of nitrogens with one attached hydrogen (secondary N) is 1.